The van der Waals surface area contributed by atoms with Gasteiger partial charge in [-0.2, -0.15) is 0 Å². The summed E-state index contributed by atoms with van der Waals surface area (Å²) >= 11 is 0. The molecule has 1 aromatic heterocycles. The number of rotatable bonds is 18. The van der Waals surface area contributed by atoms with Crippen LogP contribution in [0.5, 0.6) is 0 Å². The second-order valence-corrected chi connectivity index (χ2v) is 19.0. The number of likely N-dealkylation sites (N-methyl/N-ethyl adjacent to an activating group) is 1. The molecule has 1 aliphatic carbocycles. The van der Waals surface area contributed by atoms with E-state index in [1.807, 2.05) is 69.9 Å². The Morgan fingerprint density at radius 3 is 2.34 bits per heavy atom. The number of aromatic nitrogens is 2. The molecule has 2 aromatic rings. The second kappa shape index (κ2) is 21.2. The zero-order valence-electron chi connectivity index (χ0n) is 38.7. The number of nitrogens with one attached hydrogen (secondary N) is 4. The van der Waals surface area contributed by atoms with Crippen molar-refractivity contribution in [3.05, 3.63) is 72.8 Å². The summed E-state index contributed by atoms with van der Waals surface area (Å²) in [7, 11) is 0. The third-order valence-corrected chi connectivity index (χ3v) is 13.5. The van der Waals surface area contributed by atoms with Crippen LogP contribution in [0.25, 0.3) is 0 Å². The molecule has 0 radical (unpaired) electrons. The molecule has 1 spiro atoms. The highest BCUT2D eigenvalue weighted by atomic mass is 16.5. The lowest BCUT2D eigenvalue weighted by molar-refractivity contribution is -0.146. The molecular weight excluding hydrogens is 831 g/mol. The predicted octanol–water partition coefficient (Wildman–Crippen LogP) is 3.22. The second-order valence-electron chi connectivity index (χ2n) is 19.0. The summed E-state index contributed by atoms with van der Waals surface area (Å²) in [5.41, 5.74) is -1.20. The van der Waals surface area contributed by atoms with Crippen LogP contribution in [0.3, 0.4) is 0 Å². The molecule has 17 heteroatoms. The van der Waals surface area contributed by atoms with Gasteiger partial charge in [0.25, 0.3) is 11.8 Å². The molecule has 17 nitrogen and oxygen atoms in total. The molecule has 6 rings (SSSR count). The SMILES string of the molecule is C=CCO[C@@H]1C[C@@H]2C(=O)N(CC)C3(C[C@@H](C(=O)NC(CCC)C(=O)C(=O)N[C@@H](C)c4ccccc4)N(C(=O)[C@@H](NC(=O)[C@@H](NC(=O)c4cnccn4)C4CCCCC4)C(C)(C)C)C3)N2C1. The number of hydrogen-bond donors (Lipinski definition) is 4. The average molecular weight is 898 g/mol. The van der Waals surface area contributed by atoms with Gasteiger partial charge in [-0.05, 0) is 56.4 Å². The van der Waals surface area contributed by atoms with E-state index < -0.39 is 82.6 Å². The molecule has 65 heavy (non-hydrogen) atoms. The first kappa shape index (κ1) is 48.9. The monoisotopic (exact) mass is 898 g/mol. The van der Waals surface area contributed by atoms with E-state index in [4.69, 9.17) is 4.74 Å². The third-order valence-electron chi connectivity index (χ3n) is 13.5. The summed E-state index contributed by atoms with van der Waals surface area (Å²) in [4.78, 5) is 113. The highest BCUT2D eigenvalue weighted by Crippen LogP contribution is 2.46. The zero-order valence-corrected chi connectivity index (χ0v) is 38.7. The van der Waals surface area contributed by atoms with Gasteiger partial charge in [-0.15, -0.1) is 6.58 Å². The van der Waals surface area contributed by atoms with Crippen molar-refractivity contribution < 1.29 is 38.3 Å². The van der Waals surface area contributed by atoms with Crippen molar-refractivity contribution in [1.29, 1.82) is 0 Å². The molecule has 3 saturated heterocycles. The van der Waals surface area contributed by atoms with Crippen LogP contribution < -0.4 is 21.3 Å². The van der Waals surface area contributed by atoms with Crippen LogP contribution in [0, 0.1) is 11.3 Å². The lowest BCUT2D eigenvalue weighted by Crippen LogP contribution is -2.62. The van der Waals surface area contributed by atoms with E-state index in [2.05, 4.69) is 37.8 Å². The summed E-state index contributed by atoms with van der Waals surface area (Å²) in [5.74, 6) is -4.36. The number of nitrogens with zero attached hydrogens (tertiary/aromatic N) is 5. The van der Waals surface area contributed by atoms with E-state index in [0.29, 0.717) is 38.8 Å². The molecule has 3 aliphatic heterocycles. The quantitative estimate of drug-likeness (QED) is 0.126. The van der Waals surface area contributed by atoms with Crippen molar-refractivity contribution in [3.8, 4) is 0 Å². The van der Waals surface area contributed by atoms with Crippen molar-refractivity contribution in [2.75, 3.05) is 26.2 Å². The number of fused-ring (bicyclic) bond motifs is 2. The van der Waals surface area contributed by atoms with Crippen molar-refractivity contribution in [1.82, 2.24) is 45.9 Å². The van der Waals surface area contributed by atoms with Crippen LogP contribution in [0.4, 0.5) is 0 Å². The maximum Gasteiger partial charge on any atom is 0.290 e. The molecule has 4 heterocycles. The minimum atomic E-state index is -1.22. The Morgan fingerprint density at radius 1 is 0.985 bits per heavy atom. The highest BCUT2D eigenvalue weighted by molar-refractivity contribution is 6.38. The van der Waals surface area contributed by atoms with Crippen molar-refractivity contribution >= 4 is 41.2 Å². The van der Waals surface area contributed by atoms with Gasteiger partial charge < -0.3 is 35.8 Å². The number of carbonyl (C=O) groups is 7. The Morgan fingerprint density at radius 2 is 1.71 bits per heavy atom. The standard InChI is InChI=1S/C48H67N9O8/c1-8-17-34(39(58)44(62)51-30(4)31-18-13-11-14-19-31)52-42(60)37-26-48(56(10-3)45(63)36-25-33(28-57(36)48)65-24-9-2)29-55(37)46(64)40(47(5,6)7)54-43(61)38(32-20-15-12-16-21-32)53-41(59)35-27-49-22-23-50-35/h9,11,13-14,18-19,22-23,27,30,32-34,36-38,40H,2,8,10,12,15-17,20-21,24-26,28-29H2,1,3-7H3,(H,51,62)(H,52,60)(H,53,59)(H,54,61)/t30-,33+,34?,36+,37-,38-,40+,48?/m0/s1. The number of amides is 6. The smallest absolute Gasteiger partial charge is 0.290 e. The van der Waals surface area contributed by atoms with Gasteiger partial charge in [0.05, 0.1) is 43.6 Å². The van der Waals surface area contributed by atoms with E-state index in [-0.39, 0.29) is 49.6 Å². The Balaban J connectivity index is 1.32. The maximum absolute atomic E-state index is 15.4. The van der Waals surface area contributed by atoms with Gasteiger partial charge in [0.15, 0.2) is 0 Å². The highest BCUT2D eigenvalue weighted by Gasteiger charge is 2.65. The first-order chi connectivity index (χ1) is 31.0. The summed E-state index contributed by atoms with van der Waals surface area (Å²) < 4.78 is 6.05. The summed E-state index contributed by atoms with van der Waals surface area (Å²) in [6.07, 6.45) is 10.7. The molecule has 0 bridgehead atoms. The molecule has 2 unspecified atom stereocenters. The molecule has 4 N–H and O–H groups in total. The Kier molecular flexibility index (Phi) is 15.9. The molecule has 4 fully saturated rings. The van der Waals surface area contributed by atoms with E-state index in [1.165, 1.54) is 23.5 Å². The van der Waals surface area contributed by atoms with Crippen molar-refractivity contribution in [2.45, 2.75) is 147 Å². The first-order valence-electron chi connectivity index (χ1n) is 23.2. The van der Waals surface area contributed by atoms with Crippen LogP contribution in [0.1, 0.15) is 121 Å². The summed E-state index contributed by atoms with van der Waals surface area (Å²) in [5, 5.41) is 11.5. The lowest BCUT2D eigenvalue weighted by atomic mass is 9.82. The normalized spacial score (nSPS) is 24.2. The van der Waals surface area contributed by atoms with Gasteiger partial charge in [0, 0.05) is 31.9 Å². The number of Topliss-reactive ketones (excluding diaryl/α,β-unsaturated/α-hetero) is 1. The Hall–Kier alpha value is -5.55. The number of benzene rings is 1. The predicted molar refractivity (Wildman–Crippen MR) is 241 cm³/mol. The molecular formula is C48H67N9O8. The van der Waals surface area contributed by atoms with Crippen LogP contribution in [-0.4, -0.2) is 134 Å². The fourth-order valence-corrected chi connectivity index (χ4v) is 10.2. The lowest BCUT2D eigenvalue weighted by Gasteiger charge is -2.41. The Bertz CT molecular complexity index is 2060. The topological polar surface area (TPSA) is 212 Å². The van der Waals surface area contributed by atoms with Gasteiger partial charge in [-0.1, -0.05) is 89.8 Å². The summed E-state index contributed by atoms with van der Waals surface area (Å²) in [6, 6.07) is 3.54. The molecule has 352 valence electrons. The van der Waals surface area contributed by atoms with Crippen molar-refractivity contribution in [2.24, 2.45) is 11.3 Å². The van der Waals surface area contributed by atoms with Gasteiger partial charge in [0.2, 0.25) is 29.4 Å². The molecule has 1 aromatic carbocycles. The van der Waals surface area contributed by atoms with E-state index in [9.17, 15) is 28.8 Å². The van der Waals surface area contributed by atoms with Gasteiger partial charge in [-0.3, -0.25) is 43.4 Å². The van der Waals surface area contributed by atoms with E-state index in [0.717, 1.165) is 24.8 Å². The minimum absolute atomic E-state index is 0.00276. The molecule has 1 saturated carbocycles. The largest absolute Gasteiger partial charge is 0.373 e. The third kappa shape index (κ3) is 10.8. The number of hydrogen-bond acceptors (Lipinski definition) is 11. The van der Waals surface area contributed by atoms with Crippen molar-refractivity contribution in [3.63, 3.8) is 0 Å². The fourth-order valence-electron chi connectivity index (χ4n) is 10.2. The van der Waals surface area contributed by atoms with Crippen LogP contribution in [0.2, 0.25) is 0 Å². The van der Waals surface area contributed by atoms with Crippen LogP contribution in [0.15, 0.2) is 61.6 Å². The summed E-state index contributed by atoms with van der Waals surface area (Å²) in [6.45, 7) is 15.5. The van der Waals surface area contributed by atoms with Gasteiger partial charge in [0.1, 0.15) is 29.5 Å². The fraction of sp³-hybridized carbons (Fsp3) is 0.604. The average Bonchev–Trinajstić information content (AvgIpc) is 3.98. The number of ether oxygens (including phenoxy) is 1. The van der Waals surface area contributed by atoms with E-state index in [1.54, 1.807) is 17.9 Å². The zero-order chi connectivity index (χ0) is 47.1. The maximum atomic E-state index is 15.4. The molecule has 4 aliphatic rings. The van der Waals surface area contributed by atoms with Crippen LogP contribution in [-0.2, 0) is 33.5 Å². The van der Waals surface area contributed by atoms with E-state index >= 15 is 4.79 Å². The molecule has 8 atom stereocenters. The minimum Gasteiger partial charge on any atom is -0.373 e. The van der Waals surface area contributed by atoms with Crippen LogP contribution >= 0.6 is 0 Å². The number of carbonyl (C=O) groups excluding carboxylic acids is 7. The number of ketones is 1. The van der Waals surface area contributed by atoms with Gasteiger partial charge in [-0.25, -0.2) is 4.98 Å². The van der Waals surface area contributed by atoms with Gasteiger partial charge >= 0.3 is 0 Å². The first-order valence-corrected chi connectivity index (χ1v) is 23.2. The Labute approximate surface area is 382 Å². The molecule has 6 amide bonds. The number of likely N-dealkylation sites (tertiary alicyclic amines) is 1.